The van der Waals surface area contributed by atoms with Crippen LogP contribution < -0.4 is 10.2 Å². The van der Waals surface area contributed by atoms with Crippen molar-refractivity contribution in [3.63, 3.8) is 0 Å². The van der Waals surface area contributed by atoms with E-state index in [0.29, 0.717) is 22.0 Å². The Morgan fingerprint density at radius 2 is 1.60 bits per heavy atom. The molecule has 0 saturated heterocycles. The number of aromatic hydroxyl groups is 1. The number of rotatable bonds is 8. The molecule has 0 radical (unpaired) electrons. The van der Waals surface area contributed by atoms with Crippen molar-refractivity contribution in [3.8, 4) is 39.8 Å². The molecule has 4 aromatic carbocycles. The van der Waals surface area contributed by atoms with Gasteiger partial charge in [0.2, 0.25) is 0 Å². The lowest BCUT2D eigenvalue weighted by atomic mass is 10.1. The Balaban J connectivity index is 1.17. The molecule has 6 aromatic rings. The van der Waals surface area contributed by atoms with Crippen LogP contribution in [0.15, 0.2) is 118 Å². The molecule has 6 rings (SSSR count). The number of phenolic OH excluding ortho intramolecular Hbond substituents is 1. The minimum atomic E-state index is -0.642. The summed E-state index contributed by atoms with van der Waals surface area (Å²) >= 11 is 6.07. The minimum Gasteiger partial charge on any atom is -0.507 e. The van der Waals surface area contributed by atoms with Gasteiger partial charge in [0.15, 0.2) is 12.0 Å². The number of ether oxygens (including phenoxy) is 2. The summed E-state index contributed by atoms with van der Waals surface area (Å²) < 4.78 is 18.7. The van der Waals surface area contributed by atoms with E-state index in [0.717, 1.165) is 16.9 Å². The summed E-state index contributed by atoms with van der Waals surface area (Å²) in [6.45, 7) is -0.516. The number of hydrogen-bond donors (Lipinski definition) is 1. The molecular weight excluding hydrogens is 556 g/mol. The Bertz CT molecular complexity index is 1930. The number of aromatic nitrogens is 2. The van der Waals surface area contributed by atoms with E-state index in [1.165, 1.54) is 18.2 Å². The SMILES string of the molecule is O=C(COc1cc(O)c2c(=O)cc(-c3ccccc3)oc2c1)OCc1cc(-c2ccc(Cl)cc2)n(-c2ccccc2)n1. The number of para-hydroxylation sites is 1. The van der Waals surface area contributed by atoms with Crippen molar-refractivity contribution in [1.82, 2.24) is 9.78 Å². The summed E-state index contributed by atoms with van der Waals surface area (Å²) in [7, 11) is 0. The molecule has 0 spiro atoms. The third-order valence-electron chi connectivity index (χ3n) is 6.48. The number of benzene rings is 4. The fourth-order valence-electron chi connectivity index (χ4n) is 4.50. The summed E-state index contributed by atoms with van der Waals surface area (Å²) in [6, 6.07) is 32.0. The normalized spacial score (nSPS) is 11.0. The van der Waals surface area contributed by atoms with Gasteiger partial charge in [-0.25, -0.2) is 9.48 Å². The van der Waals surface area contributed by atoms with Crippen LogP contribution in [-0.4, -0.2) is 27.5 Å². The fourth-order valence-corrected chi connectivity index (χ4v) is 4.63. The Morgan fingerprint density at radius 3 is 2.33 bits per heavy atom. The number of phenols is 1. The van der Waals surface area contributed by atoms with Gasteiger partial charge in [-0.2, -0.15) is 5.10 Å². The molecule has 0 fully saturated rings. The van der Waals surface area contributed by atoms with Crippen molar-refractivity contribution in [2.24, 2.45) is 0 Å². The zero-order chi connectivity index (χ0) is 29.1. The van der Waals surface area contributed by atoms with Crippen LogP contribution in [0.3, 0.4) is 0 Å². The molecule has 208 valence electrons. The molecule has 8 nitrogen and oxygen atoms in total. The van der Waals surface area contributed by atoms with Crippen molar-refractivity contribution in [1.29, 1.82) is 0 Å². The summed E-state index contributed by atoms with van der Waals surface area (Å²) in [5.74, 6) is -0.470. The summed E-state index contributed by atoms with van der Waals surface area (Å²) in [5.41, 5.74) is 3.53. The highest BCUT2D eigenvalue weighted by molar-refractivity contribution is 6.30. The van der Waals surface area contributed by atoms with Crippen molar-refractivity contribution in [2.45, 2.75) is 6.61 Å². The van der Waals surface area contributed by atoms with Crippen molar-refractivity contribution < 1.29 is 23.8 Å². The summed E-state index contributed by atoms with van der Waals surface area (Å²) in [6.07, 6.45) is 0. The van der Waals surface area contributed by atoms with Crippen LogP contribution in [0.2, 0.25) is 5.02 Å². The Hall–Kier alpha value is -5.34. The number of fused-ring (bicyclic) bond motifs is 1. The van der Waals surface area contributed by atoms with E-state index >= 15 is 0 Å². The second-order valence-corrected chi connectivity index (χ2v) is 9.82. The van der Waals surface area contributed by atoms with E-state index < -0.39 is 18.0 Å². The van der Waals surface area contributed by atoms with Gasteiger partial charge in [0.1, 0.15) is 40.5 Å². The van der Waals surface area contributed by atoms with Crippen LogP contribution in [0.4, 0.5) is 0 Å². The lowest BCUT2D eigenvalue weighted by Crippen LogP contribution is -2.15. The van der Waals surface area contributed by atoms with Crippen molar-refractivity contribution in [2.75, 3.05) is 6.61 Å². The molecule has 0 saturated carbocycles. The molecule has 9 heteroatoms. The predicted octanol–water partition coefficient (Wildman–Crippen LogP) is 6.79. The zero-order valence-corrected chi connectivity index (χ0v) is 22.8. The average Bonchev–Trinajstić information content (AvgIpc) is 3.44. The molecule has 0 bridgehead atoms. The number of carbonyl (C=O) groups is 1. The van der Waals surface area contributed by atoms with Crippen LogP contribution in [0, 0.1) is 0 Å². The van der Waals surface area contributed by atoms with Crippen LogP contribution in [0.1, 0.15) is 5.69 Å². The van der Waals surface area contributed by atoms with Gasteiger partial charge in [-0.15, -0.1) is 0 Å². The number of carbonyl (C=O) groups excluding carboxylic acids is 1. The van der Waals surface area contributed by atoms with E-state index in [2.05, 4.69) is 5.10 Å². The lowest BCUT2D eigenvalue weighted by molar-refractivity contribution is -0.147. The molecule has 0 aliphatic rings. The molecule has 42 heavy (non-hydrogen) atoms. The van der Waals surface area contributed by atoms with Crippen molar-refractivity contribution >= 4 is 28.5 Å². The predicted molar refractivity (Wildman–Crippen MR) is 159 cm³/mol. The topological polar surface area (TPSA) is 104 Å². The number of hydrogen-bond acceptors (Lipinski definition) is 7. The first kappa shape index (κ1) is 26.9. The van der Waals surface area contributed by atoms with Gasteiger partial charge in [0, 0.05) is 34.3 Å². The molecule has 0 aliphatic carbocycles. The van der Waals surface area contributed by atoms with Gasteiger partial charge >= 0.3 is 5.97 Å². The second-order valence-electron chi connectivity index (χ2n) is 9.38. The first-order chi connectivity index (χ1) is 20.4. The quantitative estimate of drug-likeness (QED) is 0.198. The van der Waals surface area contributed by atoms with Crippen LogP contribution >= 0.6 is 11.6 Å². The first-order valence-corrected chi connectivity index (χ1v) is 13.4. The fraction of sp³-hybridized carbons (Fsp3) is 0.0606. The highest BCUT2D eigenvalue weighted by Crippen LogP contribution is 2.31. The van der Waals surface area contributed by atoms with Gasteiger partial charge < -0.3 is 19.0 Å². The molecular formula is C33H23ClN2O6. The maximum absolute atomic E-state index is 12.7. The highest BCUT2D eigenvalue weighted by atomic mass is 35.5. The van der Waals surface area contributed by atoms with Gasteiger partial charge in [-0.3, -0.25) is 4.79 Å². The van der Waals surface area contributed by atoms with Crippen LogP contribution in [0.25, 0.3) is 39.2 Å². The summed E-state index contributed by atoms with van der Waals surface area (Å²) in [5, 5.41) is 15.8. The number of halogens is 1. The molecule has 0 amide bonds. The van der Waals surface area contributed by atoms with Gasteiger partial charge in [-0.1, -0.05) is 72.3 Å². The second kappa shape index (κ2) is 11.6. The molecule has 0 aliphatic heterocycles. The number of esters is 1. The van der Waals surface area contributed by atoms with Gasteiger partial charge in [0.25, 0.3) is 0 Å². The Labute approximate surface area is 244 Å². The molecule has 0 unspecified atom stereocenters. The first-order valence-electron chi connectivity index (χ1n) is 13.0. The van der Waals surface area contributed by atoms with E-state index in [4.69, 9.17) is 25.5 Å². The van der Waals surface area contributed by atoms with Crippen LogP contribution in [0.5, 0.6) is 11.5 Å². The molecule has 2 heterocycles. The minimum absolute atomic E-state index is 0.0232. The third-order valence-corrected chi connectivity index (χ3v) is 6.73. The van der Waals surface area contributed by atoms with E-state index in [9.17, 15) is 14.7 Å². The van der Waals surface area contributed by atoms with E-state index in [-0.39, 0.29) is 29.1 Å². The van der Waals surface area contributed by atoms with E-state index in [1.54, 1.807) is 16.8 Å². The standard InChI is InChI=1S/C33H23ClN2O6/c34-23-13-11-21(12-14-23)27-15-24(35-36(27)25-9-5-2-6-10-25)19-41-32(39)20-40-26-16-28(37)33-29(38)18-30(42-31(33)17-26)22-7-3-1-4-8-22/h1-18,37H,19-20H2. The molecule has 1 N–H and O–H groups in total. The maximum Gasteiger partial charge on any atom is 0.344 e. The smallest absolute Gasteiger partial charge is 0.344 e. The zero-order valence-electron chi connectivity index (χ0n) is 22.1. The summed E-state index contributed by atoms with van der Waals surface area (Å²) in [4.78, 5) is 25.2. The lowest BCUT2D eigenvalue weighted by Gasteiger charge is -2.09. The maximum atomic E-state index is 12.7. The van der Waals surface area contributed by atoms with Crippen molar-refractivity contribution in [3.05, 3.63) is 130 Å². The van der Waals surface area contributed by atoms with Crippen LogP contribution in [-0.2, 0) is 16.1 Å². The monoisotopic (exact) mass is 578 g/mol. The molecule has 2 aromatic heterocycles. The Kier molecular flexibility index (Phi) is 7.45. The third kappa shape index (κ3) is 5.75. The van der Waals surface area contributed by atoms with Gasteiger partial charge in [-0.05, 0) is 30.3 Å². The largest absolute Gasteiger partial charge is 0.507 e. The van der Waals surface area contributed by atoms with E-state index in [1.807, 2.05) is 78.9 Å². The average molecular weight is 579 g/mol. The van der Waals surface area contributed by atoms with Gasteiger partial charge in [0.05, 0.1) is 11.4 Å². The molecule has 0 atom stereocenters. The number of nitrogens with zero attached hydrogens (tertiary/aromatic N) is 2. The highest BCUT2D eigenvalue weighted by Gasteiger charge is 2.16. The Morgan fingerprint density at radius 1 is 0.881 bits per heavy atom.